The summed E-state index contributed by atoms with van der Waals surface area (Å²) in [6.45, 7) is 9.71. The summed E-state index contributed by atoms with van der Waals surface area (Å²) in [4.78, 5) is 13.8. The molecule has 0 aliphatic carbocycles. The molecule has 3 N–H and O–H groups in total. The zero-order valence-electron chi connectivity index (χ0n) is 25.3. The van der Waals surface area contributed by atoms with E-state index in [1.54, 1.807) is 12.1 Å². The second-order valence-electron chi connectivity index (χ2n) is 12.0. The van der Waals surface area contributed by atoms with Gasteiger partial charge in [-0.3, -0.25) is 4.79 Å². The number of phenols is 1. The van der Waals surface area contributed by atoms with E-state index in [1.807, 2.05) is 62.4 Å². The molecule has 44 heavy (non-hydrogen) atoms. The van der Waals surface area contributed by atoms with Gasteiger partial charge in [0.25, 0.3) is 0 Å². The first-order valence-electron chi connectivity index (χ1n) is 15.5. The summed E-state index contributed by atoms with van der Waals surface area (Å²) >= 11 is 6.68. The van der Waals surface area contributed by atoms with E-state index in [-0.39, 0.29) is 17.5 Å². The van der Waals surface area contributed by atoms with Gasteiger partial charge in [0.05, 0.1) is 5.41 Å². The third-order valence-corrected chi connectivity index (χ3v) is 9.61. The Labute approximate surface area is 263 Å². The first kappa shape index (κ1) is 30.1. The molecule has 6 rings (SSSR count). The number of carbonyl (C=O) groups is 1. The molecule has 1 atom stereocenters. The Balaban J connectivity index is 1.72. The van der Waals surface area contributed by atoms with Gasteiger partial charge in [-0.05, 0) is 107 Å². The van der Waals surface area contributed by atoms with Crippen LogP contribution in [0.5, 0.6) is 5.75 Å². The second-order valence-corrected chi connectivity index (χ2v) is 12.4. The highest BCUT2D eigenvalue weighted by Gasteiger charge is 2.50. The van der Waals surface area contributed by atoms with Gasteiger partial charge in [-0.25, -0.2) is 4.39 Å². The summed E-state index contributed by atoms with van der Waals surface area (Å²) in [6.07, 6.45) is 3.76. The molecule has 6 heteroatoms. The van der Waals surface area contributed by atoms with Gasteiger partial charge in [-0.1, -0.05) is 80.9 Å². The van der Waals surface area contributed by atoms with Crippen LogP contribution in [0.15, 0.2) is 84.6 Å². The molecule has 0 saturated carbocycles. The van der Waals surface area contributed by atoms with Crippen LogP contribution in [-0.4, -0.2) is 24.1 Å². The van der Waals surface area contributed by atoms with E-state index in [4.69, 9.17) is 11.6 Å². The molecule has 226 valence electrons. The topological polar surface area (TPSA) is 61.4 Å². The highest BCUT2D eigenvalue weighted by molar-refractivity contribution is 6.31. The molecular formula is C38H38ClFN2O2. The van der Waals surface area contributed by atoms with Crippen LogP contribution in [0.3, 0.4) is 0 Å². The number of aromatic hydroxyl groups is 1. The Morgan fingerprint density at radius 2 is 1.82 bits per heavy atom. The summed E-state index contributed by atoms with van der Waals surface area (Å²) < 4.78 is 17.6. The standard InChI is InChI=1S/C38H38ClFN2O2/c1-4-11-29-31(34-36(23(3)5-2)42-37(44)38(34)16-10-17-41-22-38)20-26(18-25-13-7-9-15-32(25)39)33(35(29)40)30-21-27(43)19-24-12-6-8-14-28(24)30/h6-9,12-15,19-21,41,43H,3-5,10-11,16-18,22H2,1-2H3,(H,42,44). The lowest BCUT2D eigenvalue weighted by molar-refractivity contribution is -0.126. The van der Waals surface area contributed by atoms with Gasteiger partial charge < -0.3 is 15.7 Å². The largest absolute Gasteiger partial charge is 0.508 e. The summed E-state index contributed by atoms with van der Waals surface area (Å²) in [6, 6.07) is 20.8. The van der Waals surface area contributed by atoms with Crippen molar-refractivity contribution in [1.82, 2.24) is 10.6 Å². The number of amides is 1. The minimum absolute atomic E-state index is 0.0529. The maximum atomic E-state index is 17.6. The maximum Gasteiger partial charge on any atom is 0.236 e. The molecule has 1 unspecified atom stereocenters. The number of piperidine rings is 1. The molecule has 1 spiro atoms. The molecule has 0 bridgehead atoms. The number of carbonyl (C=O) groups excluding carboxylic acids is 1. The minimum atomic E-state index is -0.818. The van der Waals surface area contributed by atoms with Gasteiger partial charge in [0, 0.05) is 28.4 Å². The van der Waals surface area contributed by atoms with Crippen molar-refractivity contribution in [2.75, 3.05) is 13.1 Å². The van der Waals surface area contributed by atoms with E-state index >= 15 is 4.39 Å². The number of hydrogen-bond donors (Lipinski definition) is 3. The fourth-order valence-electron chi connectivity index (χ4n) is 7.04. The Bertz CT molecular complexity index is 1820. The van der Waals surface area contributed by atoms with Crippen LogP contribution in [-0.2, 0) is 17.6 Å². The highest BCUT2D eigenvalue weighted by Crippen LogP contribution is 2.51. The van der Waals surface area contributed by atoms with Gasteiger partial charge in [-0.2, -0.15) is 0 Å². The van der Waals surface area contributed by atoms with Crippen molar-refractivity contribution < 1.29 is 14.3 Å². The first-order chi connectivity index (χ1) is 21.3. The molecule has 4 aromatic carbocycles. The highest BCUT2D eigenvalue weighted by atomic mass is 35.5. The average molecular weight is 609 g/mol. The molecule has 2 heterocycles. The van der Waals surface area contributed by atoms with Gasteiger partial charge in [0.15, 0.2) is 0 Å². The van der Waals surface area contributed by atoms with E-state index in [2.05, 4.69) is 23.3 Å². The van der Waals surface area contributed by atoms with Crippen molar-refractivity contribution >= 4 is 33.9 Å². The van der Waals surface area contributed by atoms with Crippen molar-refractivity contribution in [3.63, 3.8) is 0 Å². The van der Waals surface area contributed by atoms with Gasteiger partial charge in [0.1, 0.15) is 11.6 Å². The molecule has 1 amide bonds. The summed E-state index contributed by atoms with van der Waals surface area (Å²) in [5.41, 5.74) is 5.61. The van der Waals surface area contributed by atoms with Gasteiger partial charge >= 0.3 is 0 Å². The van der Waals surface area contributed by atoms with Crippen molar-refractivity contribution in [1.29, 1.82) is 0 Å². The van der Waals surface area contributed by atoms with E-state index in [1.165, 1.54) is 0 Å². The molecule has 0 aromatic heterocycles. The zero-order chi connectivity index (χ0) is 31.0. The van der Waals surface area contributed by atoms with Crippen molar-refractivity contribution in [3.8, 4) is 16.9 Å². The smallest absolute Gasteiger partial charge is 0.236 e. The fraction of sp³-hybridized carbons (Fsp3) is 0.289. The summed E-state index contributed by atoms with van der Waals surface area (Å²) in [5.74, 6) is -0.303. The summed E-state index contributed by atoms with van der Waals surface area (Å²) in [5, 5.41) is 19.7. The monoisotopic (exact) mass is 608 g/mol. The lowest BCUT2D eigenvalue weighted by atomic mass is 9.70. The number of phenolic OH excluding ortho intramolecular Hbond substituents is 1. The maximum absolute atomic E-state index is 17.6. The van der Waals surface area contributed by atoms with Crippen LogP contribution in [0.1, 0.15) is 61.8 Å². The van der Waals surface area contributed by atoms with Crippen LogP contribution in [0.25, 0.3) is 27.5 Å². The quantitative estimate of drug-likeness (QED) is 0.187. The predicted octanol–water partition coefficient (Wildman–Crippen LogP) is 8.73. The van der Waals surface area contributed by atoms with Crippen molar-refractivity contribution in [2.45, 2.75) is 52.4 Å². The van der Waals surface area contributed by atoms with E-state index in [9.17, 15) is 9.90 Å². The van der Waals surface area contributed by atoms with E-state index < -0.39 is 5.41 Å². The number of halogens is 2. The van der Waals surface area contributed by atoms with E-state index in [0.29, 0.717) is 53.9 Å². The second kappa shape index (κ2) is 12.2. The molecule has 1 saturated heterocycles. The lowest BCUT2D eigenvalue weighted by Gasteiger charge is -2.35. The number of allylic oxidation sites excluding steroid dienone is 1. The lowest BCUT2D eigenvalue weighted by Crippen LogP contribution is -2.46. The fourth-order valence-corrected chi connectivity index (χ4v) is 7.24. The number of nitrogens with one attached hydrogen (secondary N) is 2. The van der Waals surface area contributed by atoms with Crippen molar-refractivity contribution in [2.24, 2.45) is 5.41 Å². The van der Waals surface area contributed by atoms with Crippen LogP contribution in [0, 0.1) is 11.2 Å². The molecule has 0 radical (unpaired) electrons. The zero-order valence-corrected chi connectivity index (χ0v) is 26.1. The summed E-state index contributed by atoms with van der Waals surface area (Å²) in [7, 11) is 0. The predicted molar refractivity (Wildman–Crippen MR) is 178 cm³/mol. The average Bonchev–Trinajstić information content (AvgIpc) is 3.29. The molecule has 4 aromatic rings. The first-order valence-corrected chi connectivity index (χ1v) is 15.9. The molecule has 1 fully saturated rings. The molecular weight excluding hydrogens is 571 g/mol. The Morgan fingerprint density at radius 1 is 1.05 bits per heavy atom. The van der Waals surface area contributed by atoms with Crippen molar-refractivity contribution in [3.05, 3.63) is 118 Å². The van der Waals surface area contributed by atoms with Crippen LogP contribution in [0.4, 0.5) is 4.39 Å². The minimum Gasteiger partial charge on any atom is -0.508 e. The molecule has 4 nitrogen and oxygen atoms in total. The number of fused-ring (bicyclic) bond motifs is 1. The molecule has 2 aliphatic heterocycles. The Kier molecular flexibility index (Phi) is 8.36. The van der Waals surface area contributed by atoms with Crippen LogP contribution >= 0.6 is 11.6 Å². The van der Waals surface area contributed by atoms with Crippen LogP contribution < -0.4 is 10.6 Å². The van der Waals surface area contributed by atoms with Crippen LogP contribution in [0.2, 0.25) is 5.02 Å². The van der Waals surface area contributed by atoms with E-state index in [0.717, 1.165) is 63.7 Å². The molecule has 2 aliphatic rings. The van der Waals surface area contributed by atoms with Gasteiger partial charge in [-0.15, -0.1) is 0 Å². The number of benzene rings is 4. The normalized spacial score (nSPS) is 18.3. The Morgan fingerprint density at radius 3 is 2.55 bits per heavy atom. The third kappa shape index (κ3) is 5.12. The number of rotatable bonds is 8. The van der Waals surface area contributed by atoms with Gasteiger partial charge in [0.2, 0.25) is 5.91 Å². The SMILES string of the molecule is C=C(CC)C1=C(c2cc(Cc3ccccc3Cl)c(-c3cc(O)cc4ccccc34)c(F)c2CCC)C2(CCCNC2)C(=O)N1. The third-order valence-electron chi connectivity index (χ3n) is 9.24. The number of hydrogen-bond acceptors (Lipinski definition) is 3. The Hall–Kier alpha value is -3.93.